The fourth-order valence-corrected chi connectivity index (χ4v) is 3.05. The van der Waals surface area contributed by atoms with E-state index >= 15 is 0 Å². The Kier molecular flexibility index (Phi) is 3.76. The molecule has 1 N–H and O–H groups in total. The number of halogens is 1. The van der Waals surface area contributed by atoms with Crippen molar-refractivity contribution in [3.05, 3.63) is 65.2 Å². The molecule has 0 fully saturated rings. The highest BCUT2D eigenvalue weighted by Gasteiger charge is 2.19. The van der Waals surface area contributed by atoms with Crippen LogP contribution in [-0.4, -0.2) is 10.9 Å². The summed E-state index contributed by atoms with van der Waals surface area (Å²) in [5.74, 6) is 0.986. The van der Waals surface area contributed by atoms with E-state index in [4.69, 9.17) is 16.6 Å². The summed E-state index contributed by atoms with van der Waals surface area (Å²) in [5.41, 5.74) is 2.28. The highest BCUT2D eigenvalue weighted by Crippen LogP contribution is 2.30. The summed E-state index contributed by atoms with van der Waals surface area (Å²) in [6.45, 7) is 0. The Hall–Kier alpha value is -1.45. The minimum atomic E-state index is 0.251. The molecule has 0 aliphatic carbocycles. The minimum absolute atomic E-state index is 0.251. The topological polar surface area (TPSA) is 24.4 Å². The zero-order chi connectivity index (χ0) is 13.1. The van der Waals surface area contributed by atoms with Crippen LogP contribution in [0.3, 0.4) is 0 Å². The van der Waals surface area contributed by atoms with Crippen LogP contribution in [0.1, 0.15) is 11.6 Å². The predicted molar refractivity (Wildman–Crippen MR) is 84.2 cm³/mol. The molecule has 4 heteroatoms. The van der Waals surface area contributed by atoms with Crippen molar-refractivity contribution in [3.8, 4) is 0 Å². The lowest BCUT2D eigenvalue weighted by Gasteiger charge is -2.05. The van der Waals surface area contributed by atoms with E-state index in [1.807, 2.05) is 30.3 Å². The van der Waals surface area contributed by atoms with Gasteiger partial charge in [-0.05, 0) is 29.8 Å². The number of hydrogen-bond donors (Lipinski definition) is 1. The van der Waals surface area contributed by atoms with Crippen LogP contribution in [0.25, 0.3) is 0 Å². The molecule has 0 radical (unpaired) electrons. The molecule has 0 saturated heterocycles. The highest BCUT2D eigenvalue weighted by molar-refractivity contribution is 8.14. The maximum atomic E-state index is 5.87. The number of thioether (sulfide) groups is 1. The number of nitrogens with zero attached hydrogens (tertiary/aromatic N) is 1. The van der Waals surface area contributed by atoms with Gasteiger partial charge in [0, 0.05) is 16.5 Å². The van der Waals surface area contributed by atoms with E-state index in [-0.39, 0.29) is 6.04 Å². The molecule has 0 aromatic heterocycles. The second-order valence-electron chi connectivity index (χ2n) is 4.30. The SMILES string of the molecule is Clc1ccc(NC2=NC(c3ccccc3)CS2)cc1. The Morgan fingerprint density at radius 2 is 1.79 bits per heavy atom. The molecule has 2 aromatic rings. The molecule has 0 saturated carbocycles. The van der Waals surface area contributed by atoms with Crippen LogP contribution in [0.15, 0.2) is 59.6 Å². The number of benzene rings is 2. The lowest BCUT2D eigenvalue weighted by atomic mass is 10.1. The van der Waals surface area contributed by atoms with Crippen molar-refractivity contribution in [2.24, 2.45) is 4.99 Å². The van der Waals surface area contributed by atoms with E-state index in [1.54, 1.807) is 11.8 Å². The number of hydrogen-bond acceptors (Lipinski definition) is 3. The lowest BCUT2D eigenvalue weighted by Crippen LogP contribution is -2.04. The molecule has 1 aliphatic rings. The summed E-state index contributed by atoms with van der Waals surface area (Å²) in [5, 5.41) is 5.03. The van der Waals surface area contributed by atoms with Crippen LogP contribution >= 0.6 is 23.4 Å². The van der Waals surface area contributed by atoms with Crippen molar-refractivity contribution in [3.63, 3.8) is 0 Å². The third kappa shape index (κ3) is 3.11. The second kappa shape index (κ2) is 5.68. The van der Waals surface area contributed by atoms with Crippen molar-refractivity contribution in [2.45, 2.75) is 6.04 Å². The Bertz CT molecular complexity index is 581. The van der Waals surface area contributed by atoms with Crippen molar-refractivity contribution in [1.29, 1.82) is 0 Å². The Morgan fingerprint density at radius 3 is 2.53 bits per heavy atom. The molecule has 1 aliphatic heterocycles. The average Bonchev–Trinajstić information content (AvgIpc) is 2.91. The summed E-state index contributed by atoms with van der Waals surface area (Å²) in [6, 6.07) is 18.3. The molecule has 1 unspecified atom stereocenters. The maximum absolute atomic E-state index is 5.87. The van der Waals surface area contributed by atoms with Crippen LogP contribution in [0, 0.1) is 0 Å². The third-order valence-corrected chi connectivity index (χ3v) is 4.15. The third-order valence-electron chi connectivity index (χ3n) is 2.93. The van der Waals surface area contributed by atoms with Gasteiger partial charge in [0.1, 0.15) is 0 Å². The molecule has 2 nitrogen and oxygen atoms in total. The van der Waals surface area contributed by atoms with Gasteiger partial charge in [-0.15, -0.1) is 0 Å². The summed E-state index contributed by atoms with van der Waals surface area (Å²) in [6.07, 6.45) is 0. The molecule has 3 rings (SSSR count). The Balaban J connectivity index is 1.72. The van der Waals surface area contributed by atoms with Gasteiger partial charge in [-0.25, -0.2) is 0 Å². The van der Waals surface area contributed by atoms with E-state index in [2.05, 4.69) is 29.6 Å². The van der Waals surface area contributed by atoms with E-state index in [0.717, 1.165) is 21.6 Å². The van der Waals surface area contributed by atoms with E-state index in [1.165, 1.54) is 5.56 Å². The van der Waals surface area contributed by atoms with Gasteiger partial charge in [0.05, 0.1) is 6.04 Å². The number of amidine groups is 1. The second-order valence-corrected chi connectivity index (χ2v) is 5.75. The number of anilines is 1. The smallest absolute Gasteiger partial charge is 0.161 e. The van der Waals surface area contributed by atoms with Gasteiger partial charge < -0.3 is 5.32 Å². The lowest BCUT2D eigenvalue weighted by molar-refractivity contribution is 0.849. The van der Waals surface area contributed by atoms with Gasteiger partial charge in [-0.1, -0.05) is 53.7 Å². The standard InChI is InChI=1S/C15H13ClN2S/c16-12-6-8-13(9-7-12)17-15-18-14(10-19-15)11-4-2-1-3-5-11/h1-9,14H,10H2,(H,17,18). The normalized spacial score (nSPS) is 18.2. The predicted octanol–water partition coefficient (Wildman–Crippen LogP) is 4.60. The monoisotopic (exact) mass is 288 g/mol. The molecule has 96 valence electrons. The van der Waals surface area contributed by atoms with Crippen molar-refractivity contribution in [1.82, 2.24) is 0 Å². The van der Waals surface area contributed by atoms with Crippen molar-refractivity contribution in [2.75, 3.05) is 11.1 Å². The number of rotatable bonds is 2. The molecular formula is C15H13ClN2S. The van der Waals surface area contributed by atoms with Crippen LogP contribution in [0.4, 0.5) is 5.69 Å². The van der Waals surface area contributed by atoms with Gasteiger partial charge in [-0.2, -0.15) is 0 Å². The Morgan fingerprint density at radius 1 is 1.05 bits per heavy atom. The Labute approximate surface area is 121 Å². The zero-order valence-electron chi connectivity index (χ0n) is 10.2. The van der Waals surface area contributed by atoms with Gasteiger partial charge in [0.15, 0.2) is 5.17 Å². The van der Waals surface area contributed by atoms with Crippen LogP contribution in [-0.2, 0) is 0 Å². The molecule has 0 spiro atoms. The molecular weight excluding hydrogens is 276 g/mol. The highest BCUT2D eigenvalue weighted by atomic mass is 35.5. The molecule has 1 heterocycles. The fraction of sp³-hybridized carbons (Fsp3) is 0.133. The van der Waals surface area contributed by atoms with Gasteiger partial charge >= 0.3 is 0 Å². The first-order chi connectivity index (χ1) is 9.31. The first-order valence-corrected chi connectivity index (χ1v) is 7.46. The van der Waals surface area contributed by atoms with Crippen LogP contribution < -0.4 is 5.32 Å². The van der Waals surface area contributed by atoms with E-state index < -0.39 is 0 Å². The van der Waals surface area contributed by atoms with E-state index in [0.29, 0.717) is 0 Å². The molecule has 2 aromatic carbocycles. The summed E-state index contributed by atoms with van der Waals surface area (Å²) in [4.78, 5) is 4.71. The largest absolute Gasteiger partial charge is 0.335 e. The van der Waals surface area contributed by atoms with Crippen molar-refractivity contribution >= 4 is 34.2 Å². The summed E-state index contributed by atoms with van der Waals surface area (Å²) in [7, 11) is 0. The van der Waals surface area contributed by atoms with Gasteiger partial charge in [0.25, 0.3) is 0 Å². The fourth-order valence-electron chi connectivity index (χ4n) is 1.94. The minimum Gasteiger partial charge on any atom is -0.335 e. The van der Waals surface area contributed by atoms with Crippen LogP contribution in [0.5, 0.6) is 0 Å². The quantitative estimate of drug-likeness (QED) is 0.873. The maximum Gasteiger partial charge on any atom is 0.161 e. The zero-order valence-corrected chi connectivity index (χ0v) is 11.8. The van der Waals surface area contributed by atoms with Gasteiger partial charge in [-0.3, -0.25) is 4.99 Å². The molecule has 19 heavy (non-hydrogen) atoms. The molecule has 0 bridgehead atoms. The first kappa shape index (κ1) is 12.6. The average molecular weight is 289 g/mol. The van der Waals surface area contributed by atoms with Gasteiger partial charge in [0.2, 0.25) is 0 Å². The summed E-state index contributed by atoms with van der Waals surface area (Å²) < 4.78 is 0. The number of nitrogens with one attached hydrogen (secondary N) is 1. The molecule has 1 atom stereocenters. The van der Waals surface area contributed by atoms with Crippen LogP contribution in [0.2, 0.25) is 5.02 Å². The number of aliphatic imine (C=N–C) groups is 1. The molecule has 0 amide bonds. The van der Waals surface area contributed by atoms with E-state index in [9.17, 15) is 0 Å². The van der Waals surface area contributed by atoms with Crippen molar-refractivity contribution < 1.29 is 0 Å². The summed E-state index contributed by atoms with van der Waals surface area (Å²) >= 11 is 7.62. The first-order valence-electron chi connectivity index (χ1n) is 6.09.